The number of anilines is 1. The fourth-order valence-corrected chi connectivity index (χ4v) is 2.28. The van der Waals surface area contributed by atoms with Crippen molar-refractivity contribution in [2.75, 3.05) is 5.32 Å². The van der Waals surface area contributed by atoms with Gasteiger partial charge in [-0.25, -0.2) is 0 Å². The molecule has 1 aromatic carbocycles. The number of hydrogen-bond donors (Lipinski definition) is 3. The van der Waals surface area contributed by atoms with Gasteiger partial charge in [-0.15, -0.1) is 0 Å². The Hall–Kier alpha value is -2.89. The van der Waals surface area contributed by atoms with E-state index in [2.05, 4.69) is 15.6 Å². The van der Waals surface area contributed by atoms with Gasteiger partial charge < -0.3 is 15.6 Å². The predicted octanol–water partition coefficient (Wildman–Crippen LogP) is 1.88. The first-order valence-corrected chi connectivity index (χ1v) is 7.22. The molecule has 6 heteroatoms. The lowest BCUT2D eigenvalue weighted by Crippen LogP contribution is -2.27. The van der Waals surface area contributed by atoms with E-state index in [-0.39, 0.29) is 23.9 Å². The van der Waals surface area contributed by atoms with Crippen LogP contribution in [0.5, 0.6) is 0 Å². The molecule has 0 radical (unpaired) electrons. The van der Waals surface area contributed by atoms with Gasteiger partial charge in [-0.3, -0.25) is 14.4 Å². The zero-order chi connectivity index (χ0) is 17.0. The van der Waals surface area contributed by atoms with Crippen LogP contribution < -0.4 is 16.2 Å². The minimum Gasteiger partial charge on any atom is -0.348 e. The largest absolute Gasteiger partial charge is 0.348 e. The van der Waals surface area contributed by atoms with Gasteiger partial charge in [0, 0.05) is 36.0 Å². The fraction of sp³-hybridized carbons (Fsp3) is 0.235. The molecule has 2 rings (SSSR count). The molecular weight excluding hydrogens is 294 g/mol. The first-order valence-electron chi connectivity index (χ1n) is 7.22. The first-order chi connectivity index (χ1) is 10.9. The number of aromatic amines is 1. The average molecular weight is 313 g/mol. The van der Waals surface area contributed by atoms with Crippen LogP contribution in [0, 0.1) is 13.8 Å². The first kappa shape index (κ1) is 16.5. The number of carbonyl (C=O) groups excluding carboxylic acids is 2. The van der Waals surface area contributed by atoms with Crippen LogP contribution in [-0.4, -0.2) is 16.8 Å². The quantitative estimate of drug-likeness (QED) is 0.805. The molecule has 2 aromatic rings. The Balaban J connectivity index is 2.05. The smallest absolute Gasteiger partial charge is 0.253 e. The van der Waals surface area contributed by atoms with Crippen molar-refractivity contribution in [1.82, 2.24) is 10.3 Å². The highest BCUT2D eigenvalue weighted by Gasteiger charge is 2.09. The molecule has 23 heavy (non-hydrogen) atoms. The van der Waals surface area contributed by atoms with Gasteiger partial charge in [-0.2, -0.15) is 0 Å². The maximum Gasteiger partial charge on any atom is 0.253 e. The second-order valence-electron chi connectivity index (χ2n) is 5.38. The molecule has 120 valence electrons. The number of hydrogen-bond acceptors (Lipinski definition) is 3. The monoisotopic (exact) mass is 313 g/mol. The molecule has 6 nitrogen and oxygen atoms in total. The topological polar surface area (TPSA) is 91.1 Å². The van der Waals surface area contributed by atoms with Crippen LogP contribution in [0.25, 0.3) is 0 Å². The number of nitrogens with one attached hydrogen (secondary N) is 3. The second-order valence-corrected chi connectivity index (χ2v) is 5.38. The van der Waals surface area contributed by atoms with Crippen LogP contribution >= 0.6 is 0 Å². The maximum atomic E-state index is 12.1. The predicted molar refractivity (Wildman–Crippen MR) is 88.5 cm³/mol. The van der Waals surface area contributed by atoms with E-state index >= 15 is 0 Å². The number of benzene rings is 1. The van der Waals surface area contributed by atoms with E-state index in [1.165, 1.54) is 6.92 Å². The van der Waals surface area contributed by atoms with E-state index in [9.17, 15) is 14.4 Å². The summed E-state index contributed by atoms with van der Waals surface area (Å²) in [5.41, 5.74) is 3.06. The van der Waals surface area contributed by atoms with Crippen molar-refractivity contribution in [3.63, 3.8) is 0 Å². The van der Waals surface area contributed by atoms with Crippen LogP contribution in [0.2, 0.25) is 0 Å². The molecule has 0 bridgehead atoms. The molecule has 0 aliphatic carbocycles. The summed E-state index contributed by atoms with van der Waals surface area (Å²) in [6.45, 7) is 5.23. The van der Waals surface area contributed by atoms with Crippen molar-refractivity contribution in [3.05, 3.63) is 63.1 Å². The molecule has 0 aliphatic heterocycles. The summed E-state index contributed by atoms with van der Waals surface area (Å²) >= 11 is 0. The van der Waals surface area contributed by atoms with E-state index in [0.717, 1.165) is 11.3 Å². The fourth-order valence-electron chi connectivity index (χ4n) is 2.28. The van der Waals surface area contributed by atoms with Crippen LogP contribution in [0.3, 0.4) is 0 Å². The van der Waals surface area contributed by atoms with Gasteiger partial charge in [0.05, 0.1) is 0 Å². The molecule has 1 aromatic heterocycles. The van der Waals surface area contributed by atoms with Crippen LogP contribution in [0.4, 0.5) is 5.69 Å². The lowest BCUT2D eigenvalue weighted by molar-refractivity contribution is -0.114. The van der Waals surface area contributed by atoms with E-state index < -0.39 is 0 Å². The highest BCUT2D eigenvalue weighted by Crippen LogP contribution is 2.10. The molecule has 2 amide bonds. The van der Waals surface area contributed by atoms with Gasteiger partial charge in [0.15, 0.2) is 0 Å². The van der Waals surface area contributed by atoms with Gasteiger partial charge in [0.2, 0.25) is 5.91 Å². The van der Waals surface area contributed by atoms with Crippen molar-refractivity contribution in [2.45, 2.75) is 27.3 Å². The molecule has 3 N–H and O–H groups in total. The molecular formula is C17H19N3O3. The Morgan fingerprint density at radius 1 is 1.13 bits per heavy atom. The van der Waals surface area contributed by atoms with Gasteiger partial charge in [-0.05, 0) is 49.7 Å². The van der Waals surface area contributed by atoms with Crippen LogP contribution in [-0.2, 0) is 11.3 Å². The Labute approximate surface area is 133 Å². The summed E-state index contributed by atoms with van der Waals surface area (Å²) in [5, 5.41) is 5.36. The standard InChI is InChI=1S/C17H19N3O3/c1-10-8-11(2)19-17(23)15(10)9-18-16(22)13-4-6-14(7-5-13)20-12(3)21/h4-8H,9H2,1-3H3,(H,18,22)(H,19,23)(H,20,21). The molecule has 0 saturated heterocycles. The van der Waals surface area contributed by atoms with Gasteiger partial charge in [-0.1, -0.05) is 0 Å². The highest BCUT2D eigenvalue weighted by atomic mass is 16.2. The summed E-state index contributed by atoms with van der Waals surface area (Å²) in [6.07, 6.45) is 0. The van der Waals surface area contributed by atoms with E-state index in [4.69, 9.17) is 0 Å². The second kappa shape index (κ2) is 6.91. The van der Waals surface area contributed by atoms with E-state index in [1.54, 1.807) is 24.3 Å². The Kier molecular flexibility index (Phi) is 4.95. The van der Waals surface area contributed by atoms with E-state index in [1.807, 2.05) is 19.9 Å². The third kappa shape index (κ3) is 4.29. The van der Waals surface area contributed by atoms with Crippen molar-refractivity contribution >= 4 is 17.5 Å². The number of aryl methyl sites for hydroxylation is 2. The number of carbonyl (C=O) groups is 2. The minimum atomic E-state index is -0.279. The molecule has 1 heterocycles. The molecule has 0 fully saturated rings. The van der Waals surface area contributed by atoms with Crippen molar-refractivity contribution < 1.29 is 9.59 Å². The third-order valence-electron chi connectivity index (χ3n) is 3.39. The number of rotatable bonds is 4. The molecule has 0 saturated carbocycles. The molecule has 0 atom stereocenters. The SMILES string of the molecule is CC(=O)Nc1ccc(C(=O)NCc2c(C)cc(C)[nH]c2=O)cc1. The maximum absolute atomic E-state index is 12.1. The minimum absolute atomic E-state index is 0.160. The Morgan fingerprint density at radius 3 is 2.35 bits per heavy atom. The highest BCUT2D eigenvalue weighted by molar-refractivity contribution is 5.95. The van der Waals surface area contributed by atoms with Crippen molar-refractivity contribution in [1.29, 1.82) is 0 Å². The zero-order valence-corrected chi connectivity index (χ0v) is 13.3. The molecule has 0 spiro atoms. The van der Waals surface area contributed by atoms with Crippen LogP contribution in [0.15, 0.2) is 35.1 Å². The Bertz CT molecular complexity index is 792. The average Bonchev–Trinajstić information content (AvgIpc) is 2.46. The number of H-pyrrole nitrogens is 1. The summed E-state index contributed by atoms with van der Waals surface area (Å²) in [5.74, 6) is -0.449. The van der Waals surface area contributed by atoms with Gasteiger partial charge in [0.1, 0.15) is 0 Å². The zero-order valence-electron chi connectivity index (χ0n) is 13.3. The van der Waals surface area contributed by atoms with Crippen molar-refractivity contribution in [3.8, 4) is 0 Å². The number of aromatic nitrogens is 1. The number of pyridine rings is 1. The van der Waals surface area contributed by atoms with Gasteiger partial charge >= 0.3 is 0 Å². The van der Waals surface area contributed by atoms with Crippen molar-refractivity contribution in [2.24, 2.45) is 0 Å². The molecule has 0 unspecified atom stereocenters. The third-order valence-corrected chi connectivity index (χ3v) is 3.39. The Morgan fingerprint density at radius 2 is 1.78 bits per heavy atom. The number of amides is 2. The summed E-state index contributed by atoms with van der Waals surface area (Å²) < 4.78 is 0. The van der Waals surface area contributed by atoms with Gasteiger partial charge in [0.25, 0.3) is 11.5 Å². The lowest BCUT2D eigenvalue weighted by atomic mass is 10.1. The normalized spacial score (nSPS) is 10.2. The van der Waals surface area contributed by atoms with Crippen LogP contribution in [0.1, 0.15) is 34.1 Å². The summed E-state index contributed by atoms with van der Waals surface area (Å²) in [4.78, 5) is 37.7. The molecule has 0 aliphatic rings. The summed E-state index contributed by atoms with van der Waals surface area (Å²) in [6, 6.07) is 8.41. The summed E-state index contributed by atoms with van der Waals surface area (Å²) in [7, 11) is 0. The van der Waals surface area contributed by atoms with E-state index in [0.29, 0.717) is 16.8 Å². The lowest BCUT2D eigenvalue weighted by Gasteiger charge is -2.09.